The van der Waals surface area contributed by atoms with Gasteiger partial charge in [-0.2, -0.15) is 0 Å². The first kappa shape index (κ1) is 45.1. The predicted octanol–water partition coefficient (Wildman–Crippen LogP) is 0.163. The molecule has 2 saturated heterocycles. The fourth-order valence-corrected chi connectivity index (χ4v) is 7.09. The summed E-state index contributed by atoms with van der Waals surface area (Å²) in [6.45, 7) is 2.68. The maximum atomic E-state index is 13.1. The summed E-state index contributed by atoms with van der Waals surface area (Å²) >= 11 is 0. The molecule has 0 saturated carbocycles. The second-order valence-corrected chi connectivity index (χ2v) is 14.4. The number of carboxylic acid groups (broad SMARTS) is 4. The minimum atomic E-state index is -1.25. The highest BCUT2D eigenvalue weighted by Crippen LogP contribution is 2.23. The van der Waals surface area contributed by atoms with E-state index in [2.05, 4.69) is 15.6 Å². The Hall–Kier alpha value is -5.60. The third-order valence-corrected chi connectivity index (χ3v) is 10.3. The van der Waals surface area contributed by atoms with Crippen molar-refractivity contribution in [1.82, 2.24) is 40.1 Å². The van der Waals surface area contributed by atoms with E-state index in [1.807, 2.05) is 6.92 Å². The van der Waals surface area contributed by atoms with Gasteiger partial charge in [0.2, 0.25) is 11.8 Å². The minimum absolute atomic E-state index is 0.0170. The van der Waals surface area contributed by atoms with Crippen LogP contribution in [-0.4, -0.2) is 195 Å². The normalized spacial score (nSPS) is 18.1. The highest BCUT2D eigenvalue weighted by Gasteiger charge is 2.29. The SMILES string of the molecule is C[C@@H]1CCCN1C(=O)CNC(=O)c1ccnc2ccc(OCCCNC(=O)CCC(C(=O)O)N3CCN(CC(=O)O)CCN(CC(=O)O)CCN(C(=O)O)CC3)cc12. The topological polar surface area (TPSA) is 263 Å². The van der Waals surface area contributed by atoms with Crippen LogP contribution < -0.4 is 15.4 Å². The van der Waals surface area contributed by atoms with Gasteiger partial charge in [0.05, 0.1) is 37.3 Å². The van der Waals surface area contributed by atoms with Gasteiger partial charge < -0.3 is 45.6 Å². The van der Waals surface area contributed by atoms with E-state index < -0.39 is 41.9 Å². The zero-order valence-electron chi connectivity index (χ0n) is 32.7. The van der Waals surface area contributed by atoms with E-state index >= 15 is 0 Å². The van der Waals surface area contributed by atoms with Crippen molar-refractivity contribution in [3.8, 4) is 5.75 Å². The number of nitrogens with one attached hydrogen (secondary N) is 2. The molecule has 1 aromatic carbocycles. The number of benzene rings is 1. The van der Waals surface area contributed by atoms with Crippen LogP contribution in [0, 0.1) is 0 Å². The van der Waals surface area contributed by atoms with Crippen molar-refractivity contribution in [3.63, 3.8) is 0 Å². The molecule has 2 aliphatic rings. The van der Waals surface area contributed by atoms with Crippen molar-refractivity contribution < 1.29 is 58.7 Å². The number of carbonyl (C=O) groups is 7. The second-order valence-electron chi connectivity index (χ2n) is 14.4. The van der Waals surface area contributed by atoms with Crippen molar-refractivity contribution in [2.24, 2.45) is 0 Å². The number of carbonyl (C=O) groups excluding carboxylic acids is 3. The Kier molecular flexibility index (Phi) is 17.4. The molecule has 0 aliphatic carbocycles. The summed E-state index contributed by atoms with van der Waals surface area (Å²) in [4.78, 5) is 97.7. The van der Waals surface area contributed by atoms with E-state index in [-0.39, 0.29) is 110 Å². The summed E-state index contributed by atoms with van der Waals surface area (Å²) in [5, 5.41) is 44.7. The van der Waals surface area contributed by atoms with Crippen molar-refractivity contribution in [1.29, 1.82) is 0 Å². The van der Waals surface area contributed by atoms with Gasteiger partial charge in [0.1, 0.15) is 11.8 Å². The Morgan fingerprint density at radius 3 is 2.14 bits per heavy atom. The van der Waals surface area contributed by atoms with Gasteiger partial charge in [-0.25, -0.2) is 4.79 Å². The third kappa shape index (κ3) is 14.1. The molecule has 6 N–H and O–H groups in total. The predicted molar refractivity (Wildman–Crippen MR) is 208 cm³/mol. The van der Waals surface area contributed by atoms with Crippen LogP contribution in [0.5, 0.6) is 5.75 Å². The number of ether oxygens (including phenoxy) is 1. The van der Waals surface area contributed by atoms with Crippen LogP contribution in [-0.2, 0) is 24.0 Å². The molecule has 0 radical (unpaired) electrons. The summed E-state index contributed by atoms with van der Waals surface area (Å²) in [5.41, 5.74) is 0.916. The Balaban J connectivity index is 1.28. The molecule has 4 amide bonds. The summed E-state index contributed by atoms with van der Waals surface area (Å²) in [6, 6.07) is 5.67. The van der Waals surface area contributed by atoms with Crippen LogP contribution in [0.4, 0.5) is 4.79 Å². The zero-order chi connectivity index (χ0) is 42.2. The maximum absolute atomic E-state index is 13.1. The van der Waals surface area contributed by atoms with Gasteiger partial charge in [0.25, 0.3) is 5.91 Å². The smallest absolute Gasteiger partial charge is 0.407 e. The first-order chi connectivity index (χ1) is 27.7. The molecular weight excluding hydrogens is 760 g/mol. The van der Waals surface area contributed by atoms with Gasteiger partial charge in [-0.05, 0) is 56.9 Å². The summed E-state index contributed by atoms with van der Waals surface area (Å²) in [7, 11) is 0. The highest BCUT2D eigenvalue weighted by molar-refractivity contribution is 6.07. The molecule has 20 heteroatoms. The van der Waals surface area contributed by atoms with E-state index in [1.165, 1.54) is 16.0 Å². The molecule has 2 aromatic rings. The number of aliphatic carboxylic acids is 3. The van der Waals surface area contributed by atoms with Crippen LogP contribution in [0.1, 0.15) is 49.4 Å². The van der Waals surface area contributed by atoms with Crippen molar-refractivity contribution in [3.05, 3.63) is 36.0 Å². The Bertz CT molecular complexity index is 1780. The summed E-state index contributed by atoms with van der Waals surface area (Å²) < 4.78 is 5.88. The molecule has 0 spiro atoms. The van der Waals surface area contributed by atoms with Crippen LogP contribution in [0.2, 0.25) is 0 Å². The molecule has 20 nitrogen and oxygen atoms in total. The number of hydrogen-bond acceptors (Lipinski definition) is 12. The molecule has 2 fully saturated rings. The lowest BCUT2D eigenvalue weighted by atomic mass is 10.1. The number of pyridine rings is 1. The lowest BCUT2D eigenvalue weighted by molar-refractivity contribution is -0.144. The van der Waals surface area contributed by atoms with Crippen LogP contribution in [0.25, 0.3) is 10.9 Å². The van der Waals surface area contributed by atoms with Crippen LogP contribution >= 0.6 is 0 Å². The quantitative estimate of drug-likeness (QED) is 0.116. The maximum Gasteiger partial charge on any atom is 0.407 e. The number of aromatic nitrogens is 1. The first-order valence-electron chi connectivity index (χ1n) is 19.4. The Labute approximate surface area is 335 Å². The first-order valence-corrected chi connectivity index (χ1v) is 19.4. The number of likely N-dealkylation sites (tertiary alicyclic amines) is 1. The number of fused-ring (bicyclic) bond motifs is 1. The number of rotatable bonds is 17. The van der Waals surface area contributed by atoms with Gasteiger partial charge in [-0.15, -0.1) is 0 Å². The average Bonchev–Trinajstić information content (AvgIpc) is 3.61. The fourth-order valence-electron chi connectivity index (χ4n) is 7.09. The molecule has 1 unspecified atom stereocenters. The number of nitrogens with zero attached hydrogens (tertiary/aromatic N) is 6. The van der Waals surface area contributed by atoms with E-state index in [1.54, 1.807) is 34.1 Å². The number of amides is 4. The lowest BCUT2D eigenvalue weighted by Gasteiger charge is -2.35. The average molecular weight is 815 g/mol. The van der Waals surface area contributed by atoms with E-state index in [9.17, 15) is 54.0 Å². The fraction of sp³-hybridized carbons (Fsp3) is 0.579. The van der Waals surface area contributed by atoms with Crippen LogP contribution in [0.15, 0.2) is 30.5 Å². The molecule has 2 atom stereocenters. The molecule has 2 aliphatic heterocycles. The highest BCUT2D eigenvalue weighted by atomic mass is 16.5. The van der Waals surface area contributed by atoms with Gasteiger partial charge in [0.15, 0.2) is 0 Å². The molecule has 58 heavy (non-hydrogen) atoms. The van der Waals surface area contributed by atoms with Gasteiger partial charge in [0, 0.05) is 89.5 Å². The molecule has 318 valence electrons. The summed E-state index contributed by atoms with van der Waals surface area (Å²) in [5.74, 6) is -3.91. The van der Waals surface area contributed by atoms with Crippen LogP contribution in [0.3, 0.4) is 0 Å². The van der Waals surface area contributed by atoms with E-state index in [4.69, 9.17) is 4.74 Å². The zero-order valence-corrected chi connectivity index (χ0v) is 32.7. The molecule has 0 bridgehead atoms. The monoisotopic (exact) mass is 814 g/mol. The number of hydrogen-bond donors (Lipinski definition) is 6. The van der Waals surface area contributed by atoms with Crippen molar-refractivity contribution in [2.45, 2.75) is 51.1 Å². The van der Waals surface area contributed by atoms with Gasteiger partial charge in [-0.3, -0.25) is 48.5 Å². The third-order valence-electron chi connectivity index (χ3n) is 10.3. The largest absolute Gasteiger partial charge is 0.494 e. The second kappa shape index (κ2) is 22.4. The van der Waals surface area contributed by atoms with E-state index in [0.29, 0.717) is 35.2 Å². The van der Waals surface area contributed by atoms with E-state index in [0.717, 1.165) is 17.7 Å². The molecule has 1 aromatic heterocycles. The van der Waals surface area contributed by atoms with Crippen molar-refractivity contribution in [2.75, 3.05) is 91.7 Å². The Morgan fingerprint density at radius 1 is 0.845 bits per heavy atom. The standard InChI is InChI=1S/C38H54N8O12/c1-26-4-2-12-46(26)33(48)23-41-36(53)28-9-11-39-30-6-5-27(22-29(28)30)58-21-3-10-40-32(47)8-7-31(37(54)55)44-17-15-42(24-34(49)50)13-14-43(25-35(51)52)16-18-45(20-19-44)38(56)57/h5-6,9,11,22,26,31H,2-4,7-8,10,12-21,23-25H2,1H3,(H,40,47)(H,41,53)(H,49,50)(H,51,52)(H,54,55)(H,56,57)/t26-,31?/m1/s1. The molecular formula is C38H54N8O12. The summed E-state index contributed by atoms with van der Waals surface area (Å²) in [6.07, 6.45) is 2.31. The molecule has 3 heterocycles. The number of carboxylic acids is 3. The Morgan fingerprint density at radius 2 is 1.50 bits per heavy atom. The lowest BCUT2D eigenvalue weighted by Crippen LogP contribution is -2.52. The van der Waals surface area contributed by atoms with Gasteiger partial charge >= 0.3 is 24.0 Å². The van der Waals surface area contributed by atoms with Gasteiger partial charge in [-0.1, -0.05) is 0 Å². The molecule has 4 rings (SSSR count). The minimum Gasteiger partial charge on any atom is -0.494 e. The van der Waals surface area contributed by atoms with Crippen molar-refractivity contribution >= 4 is 52.6 Å².